The molecule has 0 spiro atoms. The van der Waals surface area contributed by atoms with Crippen molar-refractivity contribution in [2.24, 2.45) is 0 Å². The molecule has 1 aromatic rings. The third kappa shape index (κ3) is 1.33. The Morgan fingerprint density at radius 3 is 2.25 bits per heavy atom. The maximum atomic E-state index is 5.33. The lowest BCUT2D eigenvalue weighted by Gasteiger charge is -1.73. The molecule has 0 saturated heterocycles. The van der Waals surface area contributed by atoms with Crippen LogP contribution in [-0.2, 0) is 0 Å². The van der Waals surface area contributed by atoms with Gasteiger partial charge in [0.2, 0.25) is 0 Å². The molecule has 0 aliphatic heterocycles. The third-order valence-electron chi connectivity index (χ3n) is 0.565. The van der Waals surface area contributed by atoms with Crippen molar-refractivity contribution in [3.05, 3.63) is 8.39 Å². The van der Waals surface area contributed by atoms with Gasteiger partial charge in [0.05, 0.1) is 0 Å². The van der Waals surface area contributed by atoms with Crippen LogP contribution < -0.4 is 4.91 Å². The van der Waals surface area contributed by atoms with Crippen molar-refractivity contribution in [2.45, 2.75) is 0 Å². The fourth-order valence-corrected chi connectivity index (χ4v) is 1.89. The van der Waals surface area contributed by atoms with Gasteiger partial charge < -0.3 is 0 Å². The SMILES string of the molecule is [B]c1nc(Br)c(Br)s1. The lowest BCUT2D eigenvalue weighted by atomic mass is 10.2. The fourth-order valence-electron chi connectivity index (χ4n) is 0.297. The molecule has 0 fully saturated rings. The van der Waals surface area contributed by atoms with E-state index in [1.807, 2.05) is 0 Å². The zero-order valence-corrected chi connectivity index (χ0v) is 7.68. The van der Waals surface area contributed by atoms with Crippen LogP contribution in [0.1, 0.15) is 0 Å². The molecule has 0 bridgehead atoms. The molecule has 5 heteroatoms. The zero-order valence-electron chi connectivity index (χ0n) is 3.69. The molecule has 1 heterocycles. The number of hydrogen-bond acceptors (Lipinski definition) is 2. The predicted octanol–water partition coefficient (Wildman–Crippen LogP) is 1.46. The van der Waals surface area contributed by atoms with Gasteiger partial charge in [0, 0.05) is 4.91 Å². The average Bonchev–Trinajstić information content (AvgIpc) is 1.85. The Kier molecular flexibility index (Phi) is 2.11. The topological polar surface area (TPSA) is 12.9 Å². The third-order valence-corrected chi connectivity index (χ3v) is 3.47. The Morgan fingerprint density at radius 2 is 2.12 bits per heavy atom. The van der Waals surface area contributed by atoms with Gasteiger partial charge in [-0.2, -0.15) is 0 Å². The van der Waals surface area contributed by atoms with Crippen molar-refractivity contribution < 1.29 is 0 Å². The number of rotatable bonds is 0. The predicted molar refractivity (Wildman–Crippen MR) is 42.9 cm³/mol. The largest absolute Gasteiger partial charge is 0.245 e. The van der Waals surface area contributed by atoms with Crippen LogP contribution >= 0.6 is 43.2 Å². The van der Waals surface area contributed by atoms with Gasteiger partial charge in [-0.05, 0) is 31.9 Å². The second-order valence-electron chi connectivity index (χ2n) is 1.12. The van der Waals surface area contributed by atoms with E-state index in [9.17, 15) is 0 Å². The van der Waals surface area contributed by atoms with Crippen molar-refractivity contribution in [3.8, 4) is 0 Å². The van der Waals surface area contributed by atoms with Crippen LogP contribution in [0, 0.1) is 0 Å². The first-order valence-corrected chi connectivity index (χ1v) is 4.17. The highest BCUT2D eigenvalue weighted by Crippen LogP contribution is 2.23. The molecular formula is C3BBr2NS. The Balaban J connectivity index is 3.14. The molecule has 8 heavy (non-hydrogen) atoms. The summed E-state index contributed by atoms with van der Waals surface area (Å²) >= 11 is 7.84. The molecule has 1 rings (SSSR count). The van der Waals surface area contributed by atoms with Crippen LogP contribution in [0.3, 0.4) is 0 Å². The minimum absolute atomic E-state index is 0.573. The summed E-state index contributed by atoms with van der Waals surface area (Å²) in [5.41, 5.74) is 0. The molecule has 1 nitrogen and oxygen atoms in total. The first-order valence-electron chi connectivity index (χ1n) is 1.77. The minimum atomic E-state index is 0.573. The summed E-state index contributed by atoms with van der Waals surface area (Å²) in [6.45, 7) is 0. The number of aromatic nitrogens is 1. The van der Waals surface area contributed by atoms with Gasteiger partial charge >= 0.3 is 0 Å². The van der Waals surface area contributed by atoms with E-state index in [0.29, 0.717) is 4.91 Å². The first kappa shape index (κ1) is 6.77. The summed E-state index contributed by atoms with van der Waals surface area (Å²) in [5, 5.41) is 0. The van der Waals surface area contributed by atoms with Crippen LogP contribution in [0.4, 0.5) is 0 Å². The Hall–Kier alpha value is 0.655. The van der Waals surface area contributed by atoms with E-state index in [2.05, 4.69) is 36.8 Å². The standard InChI is InChI=1S/C3BBr2NS/c4-3-7-1(5)2(6)8-3. The average molecular weight is 253 g/mol. The van der Waals surface area contributed by atoms with Crippen LogP contribution in [-0.4, -0.2) is 12.8 Å². The van der Waals surface area contributed by atoms with Gasteiger partial charge in [0.1, 0.15) is 8.39 Å². The van der Waals surface area contributed by atoms with Crippen LogP contribution in [0.2, 0.25) is 0 Å². The van der Waals surface area contributed by atoms with E-state index in [-0.39, 0.29) is 0 Å². The quantitative estimate of drug-likeness (QED) is 0.637. The van der Waals surface area contributed by atoms with E-state index < -0.39 is 0 Å². The Labute approximate surface area is 69.2 Å². The van der Waals surface area contributed by atoms with Crippen LogP contribution in [0.5, 0.6) is 0 Å². The molecule has 0 aromatic carbocycles. The molecule has 40 valence electrons. The van der Waals surface area contributed by atoms with E-state index >= 15 is 0 Å². The number of hydrogen-bond donors (Lipinski definition) is 0. The second-order valence-corrected chi connectivity index (χ2v) is 4.22. The van der Waals surface area contributed by atoms with E-state index in [1.165, 1.54) is 11.3 Å². The second kappa shape index (κ2) is 2.50. The van der Waals surface area contributed by atoms with Gasteiger partial charge in [0.15, 0.2) is 7.85 Å². The highest BCUT2D eigenvalue weighted by molar-refractivity contribution is 9.13. The molecule has 0 aliphatic rings. The summed E-state index contributed by atoms with van der Waals surface area (Å²) in [6.07, 6.45) is 0. The molecule has 0 atom stereocenters. The summed E-state index contributed by atoms with van der Waals surface area (Å²) in [5.74, 6) is 0. The lowest BCUT2D eigenvalue weighted by molar-refractivity contribution is 1.39. The monoisotopic (exact) mass is 251 g/mol. The van der Waals surface area contributed by atoms with Gasteiger partial charge in [-0.3, -0.25) is 0 Å². The number of halogens is 2. The Bertz CT molecular complexity index is 180. The highest BCUT2D eigenvalue weighted by atomic mass is 79.9. The smallest absolute Gasteiger partial charge is 0.157 e. The summed E-state index contributed by atoms with van der Waals surface area (Å²) < 4.78 is 1.72. The van der Waals surface area contributed by atoms with Gasteiger partial charge in [0.25, 0.3) is 0 Å². The number of nitrogens with zero attached hydrogens (tertiary/aromatic N) is 1. The normalized spacial score (nSPS) is 9.75. The molecule has 1 aromatic heterocycles. The van der Waals surface area contributed by atoms with Crippen molar-refractivity contribution in [1.82, 2.24) is 4.98 Å². The fraction of sp³-hybridized carbons (Fsp3) is 0. The first-order chi connectivity index (χ1) is 3.70. The van der Waals surface area contributed by atoms with Crippen molar-refractivity contribution in [3.63, 3.8) is 0 Å². The maximum absolute atomic E-state index is 5.33. The molecule has 2 radical (unpaired) electrons. The summed E-state index contributed by atoms with van der Waals surface area (Å²) in [4.78, 5) is 4.45. The van der Waals surface area contributed by atoms with Crippen molar-refractivity contribution >= 4 is 55.9 Å². The van der Waals surface area contributed by atoms with Gasteiger partial charge in [-0.1, -0.05) is 0 Å². The Morgan fingerprint density at radius 1 is 1.50 bits per heavy atom. The molecule has 0 saturated carbocycles. The van der Waals surface area contributed by atoms with Crippen molar-refractivity contribution in [2.75, 3.05) is 0 Å². The molecule has 0 unspecified atom stereocenters. The lowest BCUT2D eigenvalue weighted by Crippen LogP contribution is -1.96. The van der Waals surface area contributed by atoms with Gasteiger partial charge in [-0.15, -0.1) is 11.3 Å². The zero-order chi connectivity index (χ0) is 6.15. The van der Waals surface area contributed by atoms with Crippen molar-refractivity contribution in [1.29, 1.82) is 0 Å². The highest BCUT2D eigenvalue weighted by Gasteiger charge is 1.99. The van der Waals surface area contributed by atoms with E-state index in [4.69, 9.17) is 7.85 Å². The number of thiazole rings is 1. The molecule has 0 aliphatic carbocycles. The van der Waals surface area contributed by atoms with Crippen LogP contribution in [0.25, 0.3) is 0 Å². The molecule has 0 N–H and O–H groups in total. The van der Waals surface area contributed by atoms with E-state index in [0.717, 1.165) is 8.39 Å². The maximum Gasteiger partial charge on any atom is 0.157 e. The molecular weight excluding hydrogens is 253 g/mol. The van der Waals surface area contributed by atoms with Crippen LogP contribution in [0.15, 0.2) is 8.39 Å². The van der Waals surface area contributed by atoms with E-state index in [1.54, 1.807) is 0 Å². The molecule has 0 amide bonds. The summed E-state index contributed by atoms with van der Waals surface area (Å²) in [7, 11) is 5.33. The van der Waals surface area contributed by atoms with Gasteiger partial charge in [-0.25, -0.2) is 4.98 Å². The minimum Gasteiger partial charge on any atom is -0.245 e. The summed E-state index contributed by atoms with van der Waals surface area (Å²) in [6, 6.07) is 0.